The molecule has 0 unspecified atom stereocenters. The highest BCUT2D eigenvalue weighted by atomic mass is 79.9. The number of benzene rings is 1. The van der Waals surface area contributed by atoms with Crippen LogP contribution >= 0.6 is 27.3 Å². The van der Waals surface area contributed by atoms with Crippen molar-refractivity contribution in [3.63, 3.8) is 0 Å². The van der Waals surface area contributed by atoms with E-state index in [2.05, 4.69) is 50.7 Å². The Kier molecular flexibility index (Phi) is 3.38. The van der Waals surface area contributed by atoms with Crippen LogP contribution in [0.15, 0.2) is 33.6 Å². The van der Waals surface area contributed by atoms with E-state index in [4.69, 9.17) is 0 Å². The zero-order chi connectivity index (χ0) is 10.7. The number of nitrogens with zero attached hydrogens (tertiary/aromatic N) is 1. The van der Waals surface area contributed by atoms with E-state index in [0.717, 1.165) is 22.4 Å². The molecule has 0 aliphatic rings. The van der Waals surface area contributed by atoms with Crippen molar-refractivity contribution in [2.45, 2.75) is 13.5 Å². The number of aryl methyl sites for hydroxylation is 1. The fraction of sp³-hybridized carbons (Fsp3) is 0.182. The zero-order valence-corrected chi connectivity index (χ0v) is 10.7. The molecule has 0 spiro atoms. The summed E-state index contributed by atoms with van der Waals surface area (Å²) in [5.41, 5.74) is 5.28. The second-order valence-electron chi connectivity index (χ2n) is 3.27. The SMILES string of the molecule is Cc1cccc(NCc2cscn2)c1Br. The van der Waals surface area contributed by atoms with Crippen LogP contribution in [0.2, 0.25) is 0 Å². The molecule has 2 nitrogen and oxygen atoms in total. The maximum absolute atomic E-state index is 4.22. The summed E-state index contributed by atoms with van der Waals surface area (Å²) >= 11 is 5.18. The molecule has 2 rings (SSSR count). The van der Waals surface area contributed by atoms with Crippen molar-refractivity contribution in [3.05, 3.63) is 44.8 Å². The lowest BCUT2D eigenvalue weighted by Gasteiger charge is -2.08. The van der Waals surface area contributed by atoms with E-state index in [1.54, 1.807) is 11.3 Å². The molecule has 0 radical (unpaired) electrons. The van der Waals surface area contributed by atoms with Crippen LogP contribution in [0.4, 0.5) is 5.69 Å². The molecule has 78 valence electrons. The van der Waals surface area contributed by atoms with Gasteiger partial charge in [-0.3, -0.25) is 0 Å². The Morgan fingerprint density at radius 2 is 2.33 bits per heavy atom. The first-order valence-corrected chi connectivity index (χ1v) is 6.37. The fourth-order valence-corrected chi connectivity index (χ4v) is 2.26. The van der Waals surface area contributed by atoms with Crippen LogP contribution in [0, 0.1) is 6.92 Å². The summed E-state index contributed by atoms with van der Waals surface area (Å²) in [4.78, 5) is 4.22. The van der Waals surface area contributed by atoms with Crippen molar-refractivity contribution in [2.75, 3.05) is 5.32 Å². The van der Waals surface area contributed by atoms with Gasteiger partial charge in [0.25, 0.3) is 0 Å². The fourth-order valence-electron chi connectivity index (χ4n) is 1.29. The summed E-state index contributed by atoms with van der Waals surface area (Å²) in [5.74, 6) is 0. The van der Waals surface area contributed by atoms with Gasteiger partial charge in [0.1, 0.15) is 0 Å². The molecule has 0 bridgehead atoms. The maximum Gasteiger partial charge on any atom is 0.0795 e. The Bertz CT molecular complexity index is 440. The van der Waals surface area contributed by atoms with Crippen LogP contribution in [0.5, 0.6) is 0 Å². The summed E-state index contributed by atoms with van der Waals surface area (Å²) < 4.78 is 1.13. The molecular weight excluding hydrogens is 272 g/mol. The predicted octanol–water partition coefficient (Wildman–Crippen LogP) is 3.83. The van der Waals surface area contributed by atoms with Crippen molar-refractivity contribution < 1.29 is 0 Å². The lowest BCUT2D eigenvalue weighted by Crippen LogP contribution is -2.00. The second kappa shape index (κ2) is 4.77. The molecule has 2 aromatic rings. The number of hydrogen-bond acceptors (Lipinski definition) is 3. The number of halogens is 1. The normalized spacial score (nSPS) is 10.3. The summed E-state index contributed by atoms with van der Waals surface area (Å²) in [6.07, 6.45) is 0. The molecule has 0 amide bonds. The molecule has 15 heavy (non-hydrogen) atoms. The van der Waals surface area contributed by atoms with E-state index in [-0.39, 0.29) is 0 Å². The van der Waals surface area contributed by atoms with E-state index < -0.39 is 0 Å². The van der Waals surface area contributed by atoms with Crippen LogP contribution in [0.3, 0.4) is 0 Å². The predicted molar refractivity (Wildman–Crippen MR) is 68.3 cm³/mol. The Morgan fingerprint density at radius 1 is 1.47 bits per heavy atom. The number of rotatable bonds is 3. The van der Waals surface area contributed by atoms with Gasteiger partial charge in [-0.2, -0.15) is 0 Å². The number of hydrogen-bond donors (Lipinski definition) is 1. The molecule has 0 aliphatic carbocycles. The van der Waals surface area contributed by atoms with Gasteiger partial charge < -0.3 is 5.32 Å². The van der Waals surface area contributed by atoms with Crippen molar-refractivity contribution in [3.8, 4) is 0 Å². The molecule has 0 aliphatic heterocycles. The lowest BCUT2D eigenvalue weighted by molar-refractivity contribution is 1.07. The molecule has 0 saturated heterocycles. The van der Waals surface area contributed by atoms with Gasteiger partial charge in [0.2, 0.25) is 0 Å². The molecular formula is C11H11BrN2S. The van der Waals surface area contributed by atoms with Crippen molar-refractivity contribution in [1.29, 1.82) is 0 Å². The first kappa shape index (κ1) is 10.6. The maximum atomic E-state index is 4.22. The molecule has 1 heterocycles. The van der Waals surface area contributed by atoms with Gasteiger partial charge in [-0.05, 0) is 34.5 Å². The van der Waals surface area contributed by atoms with Gasteiger partial charge in [0, 0.05) is 15.5 Å². The number of thiazole rings is 1. The zero-order valence-electron chi connectivity index (χ0n) is 8.33. The number of nitrogens with one attached hydrogen (secondary N) is 1. The third-order valence-corrected chi connectivity index (χ3v) is 3.82. The largest absolute Gasteiger partial charge is 0.378 e. The van der Waals surface area contributed by atoms with Crippen LogP contribution in [-0.4, -0.2) is 4.98 Å². The number of anilines is 1. The Hall–Kier alpha value is -0.870. The highest BCUT2D eigenvalue weighted by Crippen LogP contribution is 2.25. The molecule has 1 aromatic heterocycles. The molecule has 0 atom stereocenters. The average molecular weight is 283 g/mol. The molecule has 0 saturated carbocycles. The van der Waals surface area contributed by atoms with Crippen LogP contribution < -0.4 is 5.32 Å². The third kappa shape index (κ3) is 2.58. The second-order valence-corrected chi connectivity index (χ2v) is 4.78. The molecule has 0 fully saturated rings. The molecule has 4 heteroatoms. The quantitative estimate of drug-likeness (QED) is 0.926. The van der Waals surface area contributed by atoms with Crippen molar-refractivity contribution in [2.24, 2.45) is 0 Å². The Balaban J connectivity index is 2.08. The van der Waals surface area contributed by atoms with Gasteiger partial charge >= 0.3 is 0 Å². The standard InChI is InChI=1S/C11H11BrN2S/c1-8-3-2-4-10(11(8)12)13-5-9-6-15-7-14-9/h2-4,6-7,13H,5H2,1H3. The monoisotopic (exact) mass is 282 g/mol. The first-order chi connectivity index (χ1) is 7.27. The highest BCUT2D eigenvalue weighted by Gasteiger charge is 2.02. The summed E-state index contributed by atoms with van der Waals surface area (Å²) in [7, 11) is 0. The lowest BCUT2D eigenvalue weighted by atomic mass is 10.2. The smallest absolute Gasteiger partial charge is 0.0795 e. The van der Waals surface area contributed by atoms with Gasteiger partial charge in [0.15, 0.2) is 0 Å². The summed E-state index contributed by atoms with van der Waals surface area (Å²) in [6, 6.07) is 6.19. The minimum Gasteiger partial charge on any atom is -0.378 e. The van der Waals surface area contributed by atoms with Crippen LogP contribution in [0.1, 0.15) is 11.3 Å². The number of aromatic nitrogens is 1. The third-order valence-electron chi connectivity index (χ3n) is 2.14. The topological polar surface area (TPSA) is 24.9 Å². The van der Waals surface area contributed by atoms with Gasteiger partial charge in [0.05, 0.1) is 17.7 Å². The van der Waals surface area contributed by atoms with Gasteiger partial charge in [-0.1, -0.05) is 12.1 Å². The Morgan fingerprint density at radius 3 is 3.07 bits per heavy atom. The highest BCUT2D eigenvalue weighted by molar-refractivity contribution is 9.10. The van der Waals surface area contributed by atoms with Gasteiger partial charge in [-0.25, -0.2) is 4.98 Å². The van der Waals surface area contributed by atoms with Gasteiger partial charge in [-0.15, -0.1) is 11.3 Å². The Labute approximate surface area is 101 Å². The average Bonchev–Trinajstić information content (AvgIpc) is 2.73. The summed E-state index contributed by atoms with van der Waals surface area (Å²) in [5, 5.41) is 5.41. The minimum atomic E-state index is 0.769. The van der Waals surface area contributed by atoms with Crippen LogP contribution in [0.25, 0.3) is 0 Å². The van der Waals surface area contributed by atoms with E-state index in [0.29, 0.717) is 0 Å². The summed E-state index contributed by atoms with van der Waals surface area (Å²) in [6.45, 7) is 2.85. The van der Waals surface area contributed by atoms with E-state index in [1.807, 2.05) is 11.6 Å². The van der Waals surface area contributed by atoms with Crippen molar-refractivity contribution in [1.82, 2.24) is 4.98 Å². The molecule has 1 aromatic carbocycles. The van der Waals surface area contributed by atoms with E-state index in [9.17, 15) is 0 Å². The van der Waals surface area contributed by atoms with Crippen molar-refractivity contribution >= 4 is 33.0 Å². The molecule has 1 N–H and O–H groups in total. The van der Waals surface area contributed by atoms with E-state index >= 15 is 0 Å². The minimum absolute atomic E-state index is 0.769. The first-order valence-electron chi connectivity index (χ1n) is 4.63. The van der Waals surface area contributed by atoms with E-state index in [1.165, 1.54) is 5.56 Å². The van der Waals surface area contributed by atoms with Crippen LogP contribution in [-0.2, 0) is 6.54 Å².